The summed E-state index contributed by atoms with van der Waals surface area (Å²) in [5.74, 6) is 2.12. The maximum absolute atomic E-state index is 6.08. The summed E-state index contributed by atoms with van der Waals surface area (Å²) in [5, 5.41) is 4.26. The summed E-state index contributed by atoms with van der Waals surface area (Å²) in [7, 11) is 0. The molecule has 0 amide bonds. The number of anilines is 2. The first-order chi connectivity index (χ1) is 9.56. The monoisotopic (exact) mass is 308 g/mol. The highest BCUT2D eigenvalue weighted by Gasteiger charge is 2.29. The van der Waals surface area contributed by atoms with Gasteiger partial charge in [0.05, 0.1) is 5.56 Å². The molecule has 1 atom stereocenters. The maximum atomic E-state index is 6.08. The highest BCUT2D eigenvalue weighted by Crippen LogP contribution is 2.42. The predicted octanol–water partition coefficient (Wildman–Crippen LogP) is 3.64. The zero-order valence-corrected chi connectivity index (χ0v) is 13.7. The van der Waals surface area contributed by atoms with Crippen molar-refractivity contribution in [3.8, 4) is 10.6 Å². The van der Waals surface area contributed by atoms with Gasteiger partial charge in [0.25, 0.3) is 0 Å². The number of nitrogens with two attached hydrogens (primary N) is 1. The Morgan fingerprint density at radius 3 is 2.85 bits per heavy atom. The summed E-state index contributed by atoms with van der Waals surface area (Å²) in [4.78, 5) is 7.01. The summed E-state index contributed by atoms with van der Waals surface area (Å²) in [5.41, 5.74) is 8.17. The van der Waals surface area contributed by atoms with Gasteiger partial charge in [-0.1, -0.05) is 13.8 Å². The molecule has 0 bridgehead atoms. The van der Waals surface area contributed by atoms with E-state index in [4.69, 9.17) is 5.73 Å². The minimum Gasteiger partial charge on any atom is -0.382 e. The molecule has 1 aliphatic heterocycles. The molecule has 6 heteroatoms. The molecule has 0 saturated carbocycles. The summed E-state index contributed by atoms with van der Waals surface area (Å²) in [6.07, 6.45) is 1.26. The van der Waals surface area contributed by atoms with E-state index >= 15 is 0 Å². The summed E-state index contributed by atoms with van der Waals surface area (Å²) < 4.78 is 4.36. The van der Waals surface area contributed by atoms with Crippen molar-refractivity contribution in [2.45, 2.75) is 27.2 Å². The van der Waals surface area contributed by atoms with Crippen LogP contribution in [0.15, 0.2) is 5.38 Å². The van der Waals surface area contributed by atoms with Gasteiger partial charge in [0.2, 0.25) is 0 Å². The normalized spacial score (nSPS) is 19.2. The number of hydrogen-bond donors (Lipinski definition) is 1. The molecule has 3 rings (SSSR count). The summed E-state index contributed by atoms with van der Waals surface area (Å²) in [6.45, 7) is 8.83. The molecule has 108 valence electrons. The topological polar surface area (TPSA) is 55.0 Å². The second kappa shape index (κ2) is 5.33. The number of nitrogen functional groups attached to an aromatic ring is 1. The number of aryl methyl sites for hydroxylation is 1. The van der Waals surface area contributed by atoms with Crippen molar-refractivity contribution < 1.29 is 0 Å². The van der Waals surface area contributed by atoms with Crippen LogP contribution in [0.4, 0.5) is 10.8 Å². The average Bonchev–Trinajstić information content (AvgIpc) is 3.07. The van der Waals surface area contributed by atoms with Gasteiger partial charge in [0, 0.05) is 24.2 Å². The molecule has 1 fully saturated rings. The van der Waals surface area contributed by atoms with Gasteiger partial charge in [-0.15, -0.1) is 11.3 Å². The Bertz CT molecular complexity index is 602. The van der Waals surface area contributed by atoms with Crippen LogP contribution in [0.2, 0.25) is 0 Å². The van der Waals surface area contributed by atoms with Gasteiger partial charge in [-0.25, -0.2) is 4.98 Å². The molecular formula is C14H20N4S2. The molecule has 4 nitrogen and oxygen atoms in total. The van der Waals surface area contributed by atoms with E-state index in [1.807, 2.05) is 6.92 Å². The van der Waals surface area contributed by atoms with Crippen molar-refractivity contribution in [3.63, 3.8) is 0 Å². The van der Waals surface area contributed by atoms with Crippen molar-refractivity contribution in [2.75, 3.05) is 23.7 Å². The Hall–Kier alpha value is -1.14. The van der Waals surface area contributed by atoms with E-state index in [-0.39, 0.29) is 0 Å². The Morgan fingerprint density at radius 1 is 1.45 bits per heavy atom. The van der Waals surface area contributed by atoms with Gasteiger partial charge in [-0.3, -0.25) is 0 Å². The smallest absolute Gasteiger partial charge is 0.149 e. The van der Waals surface area contributed by atoms with E-state index in [0.29, 0.717) is 5.82 Å². The quantitative estimate of drug-likeness (QED) is 0.940. The van der Waals surface area contributed by atoms with Crippen LogP contribution in [0.25, 0.3) is 10.6 Å². The van der Waals surface area contributed by atoms with Gasteiger partial charge in [-0.05, 0) is 36.7 Å². The zero-order valence-electron chi connectivity index (χ0n) is 12.1. The minimum absolute atomic E-state index is 0.618. The minimum atomic E-state index is 0.618. The largest absolute Gasteiger partial charge is 0.382 e. The van der Waals surface area contributed by atoms with Crippen LogP contribution in [0.5, 0.6) is 0 Å². The van der Waals surface area contributed by atoms with Crippen molar-refractivity contribution in [1.29, 1.82) is 0 Å². The molecule has 1 unspecified atom stereocenters. The Balaban J connectivity index is 1.92. The Kier molecular flexibility index (Phi) is 3.69. The van der Waals surface area contributed by atoms with Crippen molar-refractivity contribution >= 4 is 33.7 Å². The van der Waals surface area contributed by atoms with Gasteiger partial charge in [0.15, 0.2) is 0 Å². The Labute approximate surface area is 127 Å². The van der Waals surface area contributed by atoms with E-state index in [0.717, 1.165) is 41.2 Å². The third kappa shape index (κ3) is 2.42. The SMILES string of the molecule is Cc1csc(-c2c(N)nsc2N2CCC(C(C)C)C2)n1. The molecule has 1 aliphatic rings. The number of aromatic nitrogens is 2. The van der Waals surface area contributed by atoms with E-state index in [2.05, 4.69) is 33.5 Å². The number of nitrogens with zero attached hydrogens (tertiary/aromatic N) is 3. The van der Waals surface area contributed by atoms with E-state index in [1.165, 1.54) is 23.0 Å². The first-order valence-electron chi connectivity index (χ1n) is 6.99. The molecule has 0 spiro atoms. The molecule has 2 aromatic rings. The predicted molar refractivity (Wildman–Crippen MR) is 87.5 cm³/mol. The van der Waals surface area contributed by atoms with E-state index in [1.54, 1.807) is 11.3 Å². The van der Waals surface area contributed by atoms with Crippen LogP contribution in [-0.2, 0) is 0 Å². The standard InChI is InChI=1S/C14H20N4S2/c1-8(2)10-4-5-18(6-10)14-11(12(15)17-20-14)13-16-9(3)7-19-13/h7-8,10H,4-6H2,1-3H3,(H2,15,17). The molecule has 1 saturated heterocycles. The molecule has 2 aromatic heterocycles. The van der Waals surface area contributed by atoms with Crippen LogP contribution in [0.1, 0.15) is 26.0 Å². The van der Waals surface area contributed by atoms with Crippen LogP contribution >= 0.6 is 22.9 Å². The van der Waals surface area contributed by atoms with E-state index in [9.17, 15) is 0 Å². The second-order valence-electron chi connectivity index (χ2n) is 5.78. The molecule has 0 aromatic carbocycles. The van der Waals surface area contributed by atoms with E-state index < -0.39 is 0 Å². The average molecular weight is 308 g/mol. The third-order valence-electron chi connectivity index (χ3n) is 3.99. The lowest BCUT2D eigenvalue weighted by Gasteiger charge is -2.19. The van der Waals surface area contributed by atoms with Crippen molar-refractivity contribution in [1.82, 2.24) is 9.36 Å². The summed E-state index contributed by atoms with van der Waals surface area (Å²) in [6, 6.07) is 0. The lowest BCUT2D eigenvalue weighted by atomic mass is 9.95. The fraction of sp³-hybridized carbons (Fsp3) is 0.571. The number of thiazole rings is 1. The first-order valence-corrected chi connectivity index (χ1v) is 8.64. The van der Waals surface area contributed by atoms with Crippen LogP contribution in [0.3, 0.4) is 0 Å². The molecule has 2 N–H and O–H groups in total. The lowest BCUT2D eigenvalue weighted by Crippen LogP contribution is -2.20. The van der Waals surface area contributed by atoms with Gasteiger partial charge in [0.1, 0.15) is 15.8 Å². The van der Waals surface area contributed by atoms with Crippen molar-refractivity contribution in [3.05, 3.63) is 11.1 Å². The van der Waals surface area contributed by atoms with Crippen molar-refractivity contribution in [2.24, 2.45) is 11.8 Å². The molecular weight excluding hydrogens is 288 g/mol. The highest BCUT2D eigenvalue weighted by molar-refractivity contribution is 7.15. The molecule has 3 heterocycles. The maximum Gasteiger partial charge on any atom is 0.149 e. The molecule has 0 radical (unpaired) electrons. The van der Waals surface area contributed by atoms with Gasteiger partial charge >= 0.3 is 0 Å². The van der Waals surface area contributed by atoms with Gasteiger partial charge < -0.3 is 10.6 Å². The zero-order chi connectivity index (χ0) is 14.3. The van der Waals surface area contributed by atoms with Gasteiger partial charge in [-0.2, -0.15) is 4.37 Å². The fourth-order valence-corrected chi connectivity index (χ4v) is 4.46. The van der Waals surface area contributed by atoms with Crippen LogP contribution < -0.4 is 10.6 Å². The first kappa shape index (κ1) is 13.8. The fourth-order valence-electron chi connectivity index (χ4n) is 2.69. The van der Waals surface area contributed by atoms with Crippen LogP contribution in [0, 0.1) is 18.8 Å². The molecule has 20 heavy (non-hydrogen) atoms. The molecule has 0 aliphatic carbocycles. The Morgan fingerprint density at radius 2 is 2.25 bits per heavy atom. The van der Waals surface area contributed by atoms with Crippen LogP contribution in [-0.4, -0.2) is 22.4 Å². The number of hydrogen-bond acceptors (Lipinski definition) is 6. The summed E-state index contributed by atoms with van der Waals surface area (Å²) >= 11 is 3.16. The highest BCUT2D eigenvalue weighted by atomic mass is 32.1. The lowest BCUT2D eigenvalue weighted by molar-refractivity contribution is 0.423. The number of rotatable bonds is 3. The second-order valence-corrected chi connectivity index (χ2v) is 7.39. The third-order valence-corrected chi connectivity index (χ3v) is 5.89.